The Morgan fingerprint density at radius 3 is 2.60 bits per heavy atom. The molecule has 2 amide bonds. The van der Waals surface area contributed by atoms with Crippen molar-refractivity contribution in [2.45, 2.75) is 19.4 Å². The summed E-state index contributed by atoms with van der Waals surface area (Å²) in [5, 5.41) is 14.7. The maximum atomic E-state index is 12.9. The highest BCUT2D eigenvalue weighted by molar-refractivity contribution is 6.39. The van der Waals surface area contributed by atoms with Crippen molar-refractivity contribution in [1.29, 1.82) is 5.26 Å². The van der Waals surface area contributed by atoms with Crippen molar-refractivity contribution in [3.63, 3.8) is 0 Å². The number of aryl methyl sites for hydroxylation is 1. The Morgan fingerprint density at radius 1 is 1.00 bits per heavy atom. The molecular weight excluding hydrogens is 378 g/mol. The van der Waals surface area contributed by atoms with Crippen LogP contribution in [0.5, 0.6) is 0 Å². The van der Waals surface area contributed by atoms with Crippen molar-refractivity contribution < 1.29 is 9.59 Å². The zero-order chi connectivity index (χ0) is 20.4. The van der Waals surface area contributed by atoms with Crippen molar-refractivity contribution in [2.75, 3.05) is 0 Å². The number of carbonyl (C=O) groups excluding carboxylic acids is 2. The number of hydrogen-bond donors (Lipinski definition) is 2. The molecule has 0 unspecified atom stereocenters. The van der Waals surface area contributed by atoms with E-state index in [1.807, 2.05) is 36.4 Å². The number of benzene rings is 2. The molecule has 0 bridgehead atoms. The lowest BCUT2D eigenvalue weighted by molar-refractivity contribution is 0.0880. The molecule has 7 heteroatoms. The first-order chi connectivity index (χ1) is 14.7. The van der Waals surface area contributed by atoms with E-state index in [4.69, 9.17) is 5.26 Å². The van der Waals surface area contributed by atoms with E-state index in [2.05, 4.69) is 25.9 Å². The third kappa shape index (κ3) is 2.00. The van der Waals surface area contributed by atoms with Crippen molar-refractivity contribution >= 4 is 55.6 Å². The van der Waals surface area contributed by atoms with Gasteiger partial charge in [0.05, 0.1) is 28.2 Å². The normalized spacial score (nSPS) is 13.4. The third-order valence-electron chi connectivity index (χ3n) is 5.88. The lowest BCUT2D eigenvalue weighted by Crippen LogP contribution is -2.20. The number of H-pyrrole nitrogens is 1. The molecule has 2 N–H and O–H groups in total. The molecule has 4 heterocycles. The number of amides is 2. The number of para-hydroxylation sites is 1. The van der Waals surface area contributed by atoms with Gasteiger partial charge in [-0.25, -0.2) is 4.98 Å². The van der Waals surface area contributed by atoms with Gasteiger partial charge >= 0.3 is 0 Å². The van der Waals surface area contributed by atoms with Crippen LogP contribution in [0.1, 0.15) is 33.6 Å². The lowest BCUT2D eigenvalue weighted by Gasteiger charge is -2.08. The quantitative estimate of drug-likeness (QED) is 0.357. The van der Waals surface area contributed by atoms with Gasteiger partial charge in [-0.05, 0) is 24.6 Å². The van der Waals surface area contributed by atoms with Crippen LogP contribution in [0.15, 0.2) is 42.6 Å². The van der Waals surface area contributed by atoms with E-state index in [1.165, 1.54) is 0 Å². The zero-order valence-corrected chi connectivity index (χ0v) is 15.8. The van der Waals surface area contributed by atoms with E-state index in [0.717, 1.165) is 32.7 Å². The van der Waals surface area contributed by atoms with Gasteiger partial charge in [0, 0.05) is 46.2 Å². The van der Waals surface area contributed by atoms with Crippen molar-refractivity contribution in [3.05, 3.63) is 53.7 Å². The molecule has 144 valence electrons. The fraction of sp³-hybridized carbons (Fsp3) is 0.130. The van der Waals surface area contributed by atoms with Gasteiger partial charge in [0.25, 0.3) is 11.8 Å². The molecule has 0 saturated carbocycles. The standard InChI is InChI=1S/C23H15N5O2/c24-9-3-4-11-28-14-8-2-1-6-12(14)16-18-17(22(29)27-23(18)30)15-13-7-5-10-25-21(13)26-19(15)20(16)28/h1-2,5-8,10H,3-4,11H2,(H,25,26)(H,27,29,30). The minimum Gasteiger partial charge on any atom is -0.339 e. The van der Waals surface area contributed by atoms with Crippen molar-refractivity contribution in [1.82, 2.24) is 19.9 Å². The molecule has 0 saturated heterocycles. The molecule has 1 aliphatic rings. The average molecular weight is 393 g/mol. The molecule has 30 heavy (non-hydrogen) atoms. The van der Waals surface area contributed by atoms with Crippen LogP contribution >= 0.6 is 0 Å². The number of nitrogens with one attached hydrogen (secondary N) is 2. The Labute approximate surface area is 169 Å². The minimum atomic E-state index is -0.382. The molecule has 6 rings (SSSR count). The monoisotopic (exact) mass is 393 g/mol. The van der Waals surface area contributed by atoms with Gasteiger partial charge in [0.2, 0.25) is 0 Å². The molecule has 0 spiro atoms. The topological polar surface area (TPSA) is 104 Å². The van der Waals surface area contributed by atoms with Crippen LogP contribution in [-0.4, -0.2) is 26.3 Å². The number of fused-ring (bicyclic) bond motifs is 10. The van der Waals surface area contributed by atoms with Crippen molar-refractivity contribution in [3.8, 4) is 6.07 Å². The Hall–Kier alpha value is -4.18. The first-order valence-corrected chi connectivity index (χ1v) is 9.76. The van der Waals surface area contributed by atoms with Gasteiger partial charge in [-0.1, -0.05) is 18.2 Å². The number of rotatable bonds is 3. The molecule has 0 aliphatic carbocycles. The number of pyridine rings is 1. The Kier molecular flexibility index (Phi) is 3.30. The maximum absolute atomic E-state index is 12.9. The summed E-state index contributed by atoms with van der Waals surface area (Å²) in [5.41, 5.74) is 4.12. The van der Waals surface area contributed by atoms with Gasteiger partial charge in [0.1, 0.15) is 5.65 Å². The second-order valence-electron chi connectivity index (χ2n) is 7.46. The van der Waals surface area contributed by atoms with E-state index < -0.39 is 0 Å². The predicted octanol–water partition coefficient (Wildman–Crippen LogP) is 4.01. The van der Waals surface area contributed by atoms with Crippen LogP contribution in [0, 0.1) is 11.3 Å². The third-order valence-corrected chi connectivity index (χ3v) is 5.88. The predicted molar refractivity (Wildman–Crippen MR) is 113 cm³/mol. The summed E-state index contributed by atoms with van der Waals surface area (Å²) < 4.78 is 2.15. The van der Waals surface area contributed by atoms with Gasteiger partial charge in [0.15, 0.2) is 0 Å². The summed E-state index contributed by atoms with van der Waals surface area (Å²) in [7, 11) is 0. The summed E-state index contributed by atoms with van der Waals surface area (Å²) in [6, 6.07) is 13.8. The first kappa shape index (κ1) is 16.7. The average Bonchev–Trinajstić information content (AvgIpc) is 3.38. The van der Waals surface area contributed by atoms with Crippen LogP contribution in [0.25, 0.3) is 43.7 Å². The number of aromatic amines is 1. The molecule has 1 aliphatic heterocycles. The van der Waals surface area contributed by atoms with E-state index in [-0.39, 0.29) is 11.8 Å². The molecule has 0 radical (unpaired) electrons. The number of hydrogen-bond acceptors (Lipinski definition) is 4. The molecule has 3 aromatic heterocycles. The molecular formula is C23H15N5O2. The maximum Gasteiger partial charge on any atom is 0.259 e. The first-order valence-electron chi connectivity index (χ1n) is 9.76. The summed E-state index contributed by atoms with van der Waals surface area (Å²) in [6.07, 6.45) is 2.82. The van der Waals surface area contributed by atoms with Crippen LogP contribution in [-0.2, 0) is 6.54 Å². The van der Waals surface area contributed by atoms with Gasteiger partial charge in [-0.3, -0.25) is 14.9 Å². The second-order valence-corrected chi connectivity index (χ2v) is 7.46. The summed E-state index contributed by atoms with van der Waals surface area (Å²) in [4.78, 5) is 33.5. The SMILES string of the molecule is N#CCCCn1c2ccccc2c2c3c(c4c5cccnc5[nH]c4c21)C(=O)NC3=O. The number of carbonyl (C=O) groups is 2. The van der Waals surface area contributed by atoms with Gasteiger partial charge < -0.3 is 9.55 Å². The lowest BCUT2D eigenvalue weighted by atomic mass is 9.97. The zero-order valence-electron chi connectivity index (χ0n) is 15.8. The Morgan fingerprint density at radius 2 is 1.77 bits per heavy atom. The van der Waals surface area contributed by atoms with E-state index in [9.17, 15) is 9.59 Å². The summed E-state index contributed by atoms with van der Waals surface area (Å²) >= 11 is 0. The fourth-order valence-corrected chi connectivity index (χ4v) is 4.76. The minimum absolute atomic E-state index is 0.375. The molecule has 0 fully saturated rings. The smallest absolute Gasteiger partial charge is 0.259 e. The Bertz CT molecular complexity index is 1600. The van der Waals surface area contributed by atoms with E-state index in [0.29, 0.717) is 41.5 Å². The number of nitrogens with zero attached hydrogens (tertiary/aromatic N) is 3. The summed E-state index contributed by atoms with van der Waals surface area (Å²) in [6.45, 7) is 0.629. The molecule has 0 atom stereocenters. The van der Waals surface area contributed by atoms with Crippen LogP contribution in [0.3, 0.4) is 0 Å². The largest absolute Gasteiger partial charge is 0.339 e. The molecule has 7 nitrogen and oxygen atoms in total. The fourth-order valence-electron chi connectivity index (χ4n) is 4.76. The van der Waals surface area contributed by atoms with Crippen LogP contribution in [0.2, 0.25) is 0 Å². The number of unbranched alkanes of at least 4 members (excludes halogenated alkanes) is 1. The molecule has 5 aromatic rings. The highest BCUT2D eigenvalue weighted by atomic mass is 16.2. The summed E-state index contributed by atoms with van der Waals surface area (Å²) in [5.74, 6) is -0.756. The van der Waals surface area contributed by atoms with Gasteiger partial charge in [-0.2, -0.15) is 5.26 Å². The Balaban J connectivity index is 1.91. The van der Waals surface area contributed by atoms with Crippen LogP contribution < -0.4 is 5.32 Å². The van der Waals surface area contributed by atoms with Crippen molar-refractivity contribution in [2.24, 2.45) is 0 Å². The van der Waals surface area contributed by atoms with E-state index >= 15 is 0 Å². The number of imide groups is 1. The van der Waals surface area contributed by atoms with Gasteiger partial charge in [-0.15, -0.1) is 0 Å². The highest BCUT2D eigenvalue weighted by Crippen LogP contribution is 2.43. The van der Waals surface area contributed by atoms with Crippen LogP contribution in [0.4, 0.5) is 0 Å². The number of nitriles is 1. The van der Waals surface area contributed by atoms with E-state index in [1.54, 1.807) is 6.20 Å². The second kappa shape index (κ2) is 5.91. The molecule has 2 aromatic carbocycles. The highest BCUT2D eigenvalue weighted by Gasteiger charge is 2.35. The number of aromatic nitrogens is 3.